The van der Waals surface area contributed by atoms with E-state index in [9.17, 15) is 4.79 Å². The Morgan fingerprint density at radius 2 is 2.32 bits per heavy atom. The van der Waals surface area contributed by atoms with Crippen LogP contribution in [0.5, 0.6) is 0 Å². The number of carbonyl (C=O) groups excluding carboxylic acids is 1. The summed E-state index contributed by atoms with van der Waals surface area (Å²) in [6.45, 7) is 1.21. The Labute approximate surface area is 111 Å². The second kappa shape index (κ2) is 5.05. The molecule has 100 valence electrons. The molecule has 0 unspecified atom stereocenters. The molecule has 0 saturated carbocycles. The minimum atomic E-state index is -0.0726. The van der Waals surface area contributed by atoms with Crippen LogP contribution in [-0.4, -0.2) is 24.1 Å². The van der Waals surface area contributed by atoms with E-state index in [0.29, 0.717) is 25.5 Å². The number of aromatic amines is 1. The zero-order valence-electron chi connectivity index (χ0n) is 10.8. The monoisotopic (exact) mass is 258 g/mol. The third-order valence-electron chi connectivity index (χ3n) is 3.71. The van der Waals surface area contributed by atoms with Crippen molar-refractivity contribution in [3.8, 4) is 0 Å². The third-order valence-corrected chi connectivity index (χ3v) is 3.71. The van der Waals surface area contributed by atoms with Gasteiger partial charge in [-0.2, -0.15) is 0 Å². The summed E-state index contributed by atoms with van der Waals surface area (Å²) in [6.07, 6.45) is 4.35. The van der Waals surface area contributed by atoms with Crippen LogP contribution < -0.4 is 5.73 Å². The number of nitrogens with one attached hydrogen (secondary N) is 1. The first-order valence-electron chi connectivity index (χ1n) is 6.71. The van der Waals surface area contributed by atoms with E-state index >= 15 is 0 Å². The molecule has 1 saturated heterocycles. The number of hydrogen-bond donors (Lipinski definition) is 2. The van der Waals surface area contributed by atoms with Gasteiger partial charge in [0.15, 0.2) is 0 Å². The molecule has 3 rings (SSSR count). The molecule has 0 amide bonds. The van der Waals surface area contributed by atoms with Crippen LogP contribution in [0.25, 0.3) is 10.9 Å². The van der Waals surface area contributed by atoms with E-state index in [1.54, 1.807) is 0 Å². The normalized spacial score (nSPS) is 19.0. The summed E-state index contributed by atoms with van der Waals surface area (Å²) in [5.41, 5.74) is 9.29. The quantitative estimate of drug-likeness (QED) is 0.821. The molecule has 2 aromatic rings. The van der Waals surface area contributed by atoms with Gasteiger partial charge >= 0.3 is 5.97 Å². The zero-order chi connectivity index (χ0) is 13.2. The van der Waals surface area contributed by atoms with Gasteiger partial charge in [-0.1, -0.05) is 6.07 Å². The maximum Gasteiger partial charge on any atom is 0.306 e. The van der Waals surface area contributed by atoms with Gasteiger partial charge in [-0.15, -0.1) is 0 Å². The first-order chi connectivity index (χ1) is 9.26. The lowest BCUT2D eigenvalue weighted by Crippen LogP contribution is -2.04. The molecule has 1 aliphatic heterocycles. The first-order valence-corrected chi connectivity index (χ1v) is 6.71. The van der Waals surface area contributed by atoms with Gasteiger partial charge in [0.25, 0.3) is 0 Å². The molecular formula is C15H18N2O2. The van der Waals surface area contributed by atoms with E-state index in [2.05, 4.69) is 23.2 Å². The van der Waals surface area contributed by atoms with E-state index < -0.39 is 0 Å². The van der Waals surface area contributed by atoms with Gasteiger partial charge < -0.3 is 15.5 Å². The molecule has 1 atom stereocenters. The highest BCUT2D eigenvalue weighted by Gasteiger charge is 2.23. The summed E-state index contributed by atoms with van der Waals surface area (Å²) < 4.78 is 5.01. The number of nitrogens with two attached hydrogens (primary N) is 1. The fourth-order valence-electron chi connectivity index (χ4n) is 2.74. The largest absolute Gasteiger partial charge is 0.465 e. The highest BCUT2D eigenvalue weighted by molar-refractivity contribution is 5.84. The van der Waals surface area contributed by atoms with Gasteiger partial charge in [0, 0.05) is 23.0 Å². The van der Waals surface area contributed by atoms with E-state index in [1.807, 2.05) is 6.20 Å². The second-order valence-electron chi connectivity index (χ2n) is 5.19. The highest BCUT2D eigenvalue weighted by Crippen LogP contribution is 2.24. The number of esters is 1. The maximum absolute atomic E-state index is 11.1. The van der Waals surface area contributed by atoms with Gasteiger partial charge in [-0.05, 0) is 42.6 Å². The zero-order valence-corrected chi connectivity index (χ0v) is 10.8. The molecule has 0 radical (unpaired) electrons. The molecule has 2 heterocycles. The number of rotatable bonds is 4. The van der Waals surface area contributed by atoms with Gasteiger partial charge in [0.2, 0.25) is 0 Å². The first kappa shape index (κ1) is 12.2. The lowest BCUT2D eigenvalue weighted by molar-refractivity contribution is -0.137. The van der Waals surface area contributed by atoms with E-state index in [-0.39, 0.29) is 5.97 Å². The van der Waals surface area contributed by atoms with Crippen molar-refractivity contribution in [1.29, 1.82) is 0 Å². The fraction of sp³-hybridized carbons (Fsp3) is 0.400. The van der Waals surface area contributed by atoms with Crippen LogP contribution in [0.15, 0.2) is 24.4 Å². The molecule has 1 aromatic carbocycles. The van der Waals surface area contributed by atoms with Crippen molar-refractivity contribution >= 4 is 16.9 Å². The summed E-state index contributed by atoms with van der Waals surface area (Å²) in [4.78, 5) is 14.4. The molecule has 1 aliphatic rings. The Morgan fingerprint density at radius 3 is 3.05 bits per heavy atom. The number of benzene rings is 1. The maximum atomic E-state index is 11.1. The molecule has 0 bridgehead atoms. The van der Waals surface area contributed by atoms with E-state index in [1.165, 1.54) is 16.5 Å². The molecule has 3 N–H and O–H groups in total. The molecule has 0 aliphatic carbocycles. The fourth-order valence-corrected chi connectivity index (χ4v) is 2.74. The summed E-state index contributed by atoms with van der Waals surface area (Å²) in [5, 5.41) is 1.24. The number of carbonyl (C=O) groups is 1. The number of H-pyrrole nitrogens is 1. The number of ether oxygens (including phenoxy) is 1. The highest BCUT2D eigenvalue weighted by atomic mass is 16.5. The predicted octanol–water partition coefficient (Wildman–Crippen LogP) is 1.77. The van der Waals surface area contributed by atoms with Gasteiger partial charge in [-0.25, -0.2) is 0 Å². The molecule has 1 aromatic heterocycles. The molecule has 0 spiro atoms. The number of fused-ring (bicyclic) bond motifs is 1. The van der Waals surface area contributed by atoms with Gasteiger partial charge in [-0.3, -0.25) is 4.79 Å². The lowest BCUT2D eigenvalue weighted by Gasteiger charge is -2.07. The summed E-state index contributed by atoms with van der Waals surface area (Å²) in [7, 11) is 0. The van der Waals surface area contributed by atoms with Crippen LogP contribution in [0.3, 0.4) is 0 Å². The van der Waals surface area contributed by atoms with Crippen LogP contribution in [0.2, 0.25) is 0 Å². The summed E-state index contributed by atoms with van der Waals surface area (Å²) in [5.74, 6) is 0.249. The average Bonchev–Trinajstić information content (AvgIpc) is 2.97. The van der Waals surface area contributed by atoms with E-state index in [4.69, 9.17) is 10.5 Å². The smallest absolute Gasteiger partial charge is 0.306 e. The molecule has 19 heavy (non-hydrogen) atoms. The number of hydrogen-bond acceptors (Lipinski definition) is 3. The average molecular weight is 258 g/mol. The van der Waals surface area contributed by atoms with E-state index in [0.717, 1.165) is 18.4 Å². The van der Waals surface area contributed by atoms with Crippen molar-refractivity contribution in [1.82, 2.24) is 4.98 Å². The lowest BCUT2D eigenvalue weighted by atomic mass is 9.97. The Kier molecular flexibility index (Phi) is 3.25. The summed E-state index contributed by atoms with van der Waals surface area (Å²) in [6, 6.07) is 6.43. The predicted molar refractivity (Wildman–Crippen MR) is 73.8 cm³/mol. The topological polar surface area (TPSA) is 68.1 Å². The molecule has 4 heteroatoms. The van der Waals surface area contributed by atoms with Gasteiger partial charge in [0.1, 0.15) is 0 Å². The van der Waals surface area contributed by atoms with Gasteiger partial charge in [0.05, 0.1) is 13.0 Å². The second-order valence-corrected chi connectivity index (χ2v) is 5.19. The molecule has 4 nitrogen and oxygen atoms in total. The van der Waals surface area contributed by atoms with Crippen molar-refractivity contribution < 1.29 is 9.53 Å². The molecule has 1 fully saturated rings. The van der Waals surface area contributed by atoms with Crippen molar-refractivity contribution in [2.45, 2.75) is 19.3 Å². The van der Waals surface area contributed by atoms with Crippen LogP contribution in [0.4, 0.5) is 0 Å². The van der Waals surface area contributed by atoms with Crippen LogP contribution in [-0.2, 0) is 22.4 Å². The Balaban J connectivity index is 1.83. The SMILES string of the molecule is NCCc1c[nH]c2ccc(C[C@H]3COC(=O)C3)cc12. The van der Waals surface area contributed by atoms with Crippen molar-refractivity contribution in [3.63, 3.8) is 0 Å². The van der Waals surface area contributed by atoms with Crippen molar-refractivity contribution in [2.24, 2.45) is 11.7 Å². The number of cyclic esters (lactones) is 1. The van der Waals surface area contributed by atoms with Crippen molar-refractivity contribution in [3.05, 3.63) is 35.5 Å². The Hall–Kier alpha value is -1.81. The van der Waals surface area contributed by atoms with Crippen LogP contribution in [0, 0.1) is 5.92 Å². The Morgan fingerprint density at radius 1 is 1.42 bits per heavy atom. The van der Waals surface area contributed by atoms with Crippen LogP contribution in [0.1, 0.15) is 17.5 Å². The Bertz CT molecular complexity index is 603. The number of aromatic nitrogens is 1. The summed E-state index contributed by atoms with van der Waals surface area (Å²) >= 11 is 0. The standard InChI is InChI=1S/C15H18N2O2/c16-4-3-12-8-17-14-2-1-10(6-13(12)14)5-11-7-15(18)19-9-11/h1-2,6,8,11,17H,3-5,7,9,16H2/t11-/m1/s1. The third kappa shape index (κ3) is 2.49. The minimum absolute atomic E-state index is 0.0726. The van der Waals surface area contributed by atoms with Crippen molar-refractivity contribution in [2.75, 3.05) is 13.2 Å². The minimum Gasteiger partial charge on any atom is -0.465 e. The molecular weight excluding hydrogens is 240 g/mol. The van der Waals surface area contributed by atoms with Crippen LogP contribution >= 0.6 is 0 Å².